The molecule has 0 bridgehead atoms. The number of hydrogen-bond donors (Lipinski definition) is 1. The second kappa shape index (κ2) is 4.94. The van der Waals surface area contributed by atoms with Gasteiger partial charge in [-0.1, -0.05) is 15.9 Å². The first-order valence-corrected chi connectivity index (χ1v) is 5.38. The largest absolute Gasteiger partial charge is 0.416 e. The standard InChI is InChI=1S/C10H9BrF3N.ClH/c11-8-2-1-6(10(12,13)14)5-7(8)9-3-4-15-9;/h1-2,5,9,15H,3-4H2;1H/t9-;/m1./s1. The average Bonchev–Trinajstić information content (AvgIpc) is 2.03. The van der Waals surface area contributed by atoms with Crippen molar-refractivity contribution in [2.45, 2.75) is 18.6 Å². The summed E-state index contributed by atoms with van der Waals surface area (Å²) in [6, 6.07) is 3.81. The highest BCUT2D eigenvalue weighted by Crippen LogP contribution is 2.36. The van der Waals surface area contributed by atoms with E-state index in [1.165, 1.54) is 12.1 Å². The van der Waals surface area contributed by atoms with E-state index in [2.05, 4.69) is 21.2 Å². The zero-order valence-corrected chi connectivity index (χ0v) is 10.5. The molecule has 0 aromatic heterocycles. The molecule has 1 aliphatic heterocycles. The quantitative estimate of drug-likeness (QED) is 0.828. The fourth-order valence-corrected chi connectivity index (χ4v) is 2.06. The molecule has 1 nitrogen and oxygen atoms in total. The van der Waals surface area contributed by atoms with Crippen LogP contribution >= 0.6 is 28.3 Å². The summed E-state index contributed by atoms with van der Waals surface area (Å²) in [7, 11) is 0. The third-order valence-electron chi connectivity index (χ3n) is 2.52. The minimum Gasteiger partial charge on any atom is -0.310 e. The highest BCUT2D eigenvalue weighted by Gasteiger charge is 2.32. The van der Waals surface area contributed by atoms with Crippen LogP contribution in [0.5, 0.6) is 0 Å². The lowest BCUT2D eigenvalue weighted by molar-refractivity contribution is -0.137. The molecule has 1 aromatic carbocycles. The Balaban J connectivity index is 0.00000128. The maximum atomic E-state index is 12.4. The van der Waals surface area contributed by atoms with Crippen LogP contribution in [-0.4, -0.2) is 6.54 Å². The van der Waals surface area contributed by atoms with E-state index in [-0.39, 0.29) is 18.4 Å². The lowest BCUT2D eigenvalue weighted by Crippen LogP contribution is -2.35. The molecular formula is C10H10BrClF3N. The third kappa shape index (κ3) is 2.70. The summed E-state index contributed by atoms with van der Waals surface area (Å²) >= 11 is 3.27. The van der Waals surface area contributed by atoms with Crippen molar-refractivity contribution in [3.63, 3.8) is 0 Å². The smallest absolute Gasteiger partial charge is 0.310 e. The normalized spacial score (nSPS) is 19.9. The lowest BCUT2D eigenvalue weighted by Gasteiger charge is -2.29. The Morgan fingerprint density at radius 3 is 2.38 bits per heavy atom. The van der Waals surface area contributed by atoms with E-state index in [4.69, 9.17) is 0 Å². The highest BCUT2D eigenvalue weighted by molar-refractivity contribution is 9.10. The van der Waals surface area contributed by atoms with Crippen LogP contribution in [0, 0.1) is 0 Å². The lowest BCUT2D eigenvalue weighted by atomic mass is 9.96. The molecule has 0 radical (unpaired) electrons. The molecule has 1 heterocycles. The monoisotopic (exact) mass is 315 g/mol. The van der Waals surface area contributed by atoms with Crippen LogP contribution in [0.25, 0.3) is 0 Å². The first-order valence-electron chi connectivity index (χ1n) is 4.58. The van der Waals surface area contributed by atoms with Gasteiger partial charge in [0.2, 0.25) is 0 Å². The Hall–Kier alpha value is -0.260. The topological polar surface area (TPSA) is 12.0 Å². The summed E-state index contributed by atoms with van der Waals surface area (Å²) in [5, 5.41) is 3.08. The number of benzene rings is 1. The van der Waals surface area contributed by atoms with Crippen LogP contribution in [0.1, 0.15) is 23.6 Å². The minimum absolute atomic E-state index is 0. The van der Waals surface area contributed by atoms with E-state index in [0.29, 0.717) is 5.56 Å². The summed E-state index contributed by atoms with van der Waals surface area (Å²) < 4.78 is 38.1. The minimum atomic E-state index is -4.26. The summed E-state index contributed by atoms with van der Waals surface area (Å²) in [5.41, 5.74) is 0.102. The van der Waals surface area contributed by atoms with E-state index in [1.54, 1.807) is 0 Å². The van der Waals surface area contributed by atoms with Gasteiger partial charge >= 0.3 is 6.18 Å². The fraction of sp³-hybridized carbons (Fsp3) is 0.400. The van der Waals surface area contributed by atoms with Gasteiger partial charge in [-0.2, -0.15) is 13.2 Å². The van der Waals surface area contributed by atoms with Crippen LogP contribution in [-0.2, 0) is 6.18 Å². The average molecular weight is 317 g/mol. The second-order valence-electron chi connectivity index (χ2n) is 3.53. The maximum Gasteiger partial charge on any atom is 0.416 e. The van der Waals surface area contributed by atoms with Crippen LogP contribution < -0.4 is 5.32 Å². The second-order valence-corrected chi connectivity index (χ2v) is 4.38. The Kier molecular flexibility index (Phi) is 4.26. The molecule has 2 rings (SSSR count). The van der Waals surface area contributed by atoms with Crippen LogP contribution in [0.4, 0.5) is 13.2 Å². The number of hydrogen-bond acceptors (Lipinski definition) is 1. The van der Waals surface area contributed by atoms with Gasteiger partial charge in [-0.15, -0.1) is 12.4 Å². The Morgan fingerprint density at radius 2 is 1.94 bits per heavy atom. The predicted octanol–water partition coefficient (Wildman–Crippen LogP) is 3.92. The molecule has 1 saturated heterocycles. The zero-order valence-electron chi connectivity index (χ0n) is 8.14. The summed E-state index contributed by atoms with van der Waals surface area (Å²) in [6.07, 6.45) is -3.38. The van der Waals surface area contributed by atoms with Gasteiger partial charge in [0.25, 0.3) is 0 Å². The molecular weight excluding hydrogens is 306 g/mol. The van der Waals surface area contributed by atoms with E-state index in [1.807, 2.05) is 0 Å². The van der Waals surface area contributed by atoms with Gasteiger partial charge < -0.3 is 5.32 Å². The third-order valence-corrected chi connectivity index (χ3v) is 3.24. The SMILES string of the molecule is Cl.FC(F)(F)c1ccc(Br)c([C@H]2CCN2)c1. The first kappa shape index (κ1) is 13.8. The van der Waals surface area contributed by atoms with Gasteiger partial charge in [-0.05, 0) is 36.7 Å². The maximum absolute atomic E-state index is 12.4. The number of halogens is 5. The Morgan fingerprint density at radius 1 is 1.31 bits per heavy atom. The van der Waals surface area contributed by atoms with E-state index >= 15 is 0 Å². The Bertz CT molecular complexity index is 377. The number of alkyl halides is 3. The molecule has 16 heavy (non-hydrogen) atoms. The molecule has 90 valence electrons. The summed E-state index contributed by atoms with van der Waals surface area (Å²) in [6.45, 7) is 0.868. The van der Waals surface area contributed by atoms with Gasteiger partial charge in [0.1, 0.15) is 0 Å². The fourth-order valence-electron chi connectivity index (χ4n) is 1.54. The first-order chi connectivity index (χ1) is 6.98. The number of nitrogens with one attached hydrogen (secondary N) is 1. The van der Waals surface area contributed by atoms with Crippen molar-refractivity contribution in [2.24, 2.45) is 0 Å². The molecule has 1 aromatic rings. The predicted molar refractivity (Wildman–Crippen MR) is 61.8 cm³/mol. The molecule has 0 saturated carbocycles. The molecule has 0 amide bonds. The van der Waals surface area contributed by atoms with Gasteiger partial charge in [-0.3, -0.25) is 0 Å². The van der Waals surface area contributed by atoms with Crippen LogP contribution in [0.3, 0.4) is 0 Å². The van der Waals surface area contributed by atoms with Crippen LogP contribution in [0.15, 0.2) is 22.7 Å². The molecule has 1 fully saturated rings. The molecule has 0 unspecified atom stereocenters. The highest BCUT2D eigenvalue weighted by atomic mass is 79.9. The van der Waals surface area contributed by atoms with E-state index in [9.17, 15) is 13.2 Å². The van der Waals surface area contributed by atoms with E-state index < -0.39 is 11.7 Å². The Labute approximate surface area is 106 Å². The molecule has 6 heteroatoms. The number of rotatable bonds is 1. The van der Waals surface area contributed by atoms with Crippen molar-refractivity contribution in [3.05, 3.63) is 33.8 Å². The van der Waals surface area contributed by atoms with Gasteiger partial charge in [0.05, 0.1) is 5.56 Å². The summed E-state index contributed by atoms with van der Waals surface area (Å²) in [4.78, 5) is 0. The van der Waals surface area contributed by atoms with Gasteiger partial charge in [0, 0.05) is 10.5 Å². The van der Waals surface area contributed by atoms with Crippen molar-refractivity contribution in [1.82, 2.24) is 5.32 Å². The molecule has 1 aliphatic rings. The molecule has 0 aliphatic carbocycles. The van der Waals surface area contributed by atoms with E-state index in [0.717, 1.165) is 23.5 Å². The van der Waals surface area contributed by atoms with Crippen molar-refractivity contribution in [3.8, 4) is 0 Å². The molecule has 1 atom stereocenters. The summed E-state index contributed by atoms with van der Waals surface area (Å²) in [5.74, 6) is 0. The van der Waals surface area contributed by atoms with Crippen molar-refractivity contribution < 1.29 is 13.2 Å². The van der Waals surface area contributed by atoms with Crippen molar-refractivity contribution in [1.29, 1.82) is 0 Å². The van der Waals surface area contributed by atoms with Gasteiger partial charge in [0.15, 0.2) is 0 Å². The van der Waals surface area contributed by atoms with Crippen molar-refractivity contribution >= 4 is 28.3 Å². The molecule has 0 spiro atoms. The van der Waals surface area contributed by atoms with Crippen molar-refractivity contribution in [2.75, 3.05) is 6.54 Å². The zero-order chi connectivity index (χ0) is 11.1. The van der Waals surface area contributed by atoms with Gasteiger partial charge in [-0.25, -0.2) is 0 Å². The van der Waals surface area contributed by atoms with Crippen LogP contribution in [0.2, 0.25) is 0 Å². The molecule has 1 N–H and O–H groups in total.